The quantitative estimate of drug-likeness (QED) is 0.605. The third-order valence-electron chi connectivity index (χ3n) is 2.76. The lowest BCUT2D eigenvalue weighted by atomic mass is 10.1. The molecule has 1 atom stereocenters. The predicted octanol–water partition coefficient (Wildman–Crippen LogP) is 0.871. The van der Waals surface area contributed by atoms with E-state index in [4.69, 9.17) is 5.84 Å². The van der Waals surface area contributed by atoms with Crippen LogP contribution in [0.15, 0.2) is 30.5 Å². The van der Waals surface area contributed by atoms with E-state index in [0.29, 0.717) is 0 Å². The molecule has 2 heterocycles. The van der Waals surface area contributed by atoms with Crippen LogP contribution in [0, 0.1) is 6.92 Å². The van der Waals surface area contributed by atoms with E-state index in [9.17, 15) is 0 Å². The van der Waals surface area contributed by atoms with E-state index < -0.39 is 0 Å². The van der Waals surface area contributed by atoms with Crippen molar-refractivity contribution < 1.29 is 0 Å². The number of nitrogens with two attached hydrogens (primary N) is 1. The van der Waals surface area contributed by atoms with Gasteiger partial charge in [-0.05, 0) is 25.1 Å². The third-order valence-corrected chi connectivity index (χ3v) is 2.76. The summed E-state index contributed by atoms with van der Waals surface area (Å²) in [5.41, 5.74) is 5.89. The topological polar surface area (TPSA) is 68.8 Å². The standard InChI is InChI=1S/C12H17N5/c1-9-7-10(17(2)16-9)8-12(15-13)11-5-3-4-6-14-11/h3-7,12,15H,8,13H2,1-2H3. The first-order valence-electron chi connectivity index (χ1n) is 5.57. The van der Waals surface area contributed by atoms with Gasteiger partial charge in [0, 0.05) is 25.4 Å². The lowest BCUT2D eigenvalue weighted by Gasteiger charge is -2.15. The number of rotatable bonds is 4. The van der Waals surface area contributed by atoms with Crippen LogP contribution in [0.2, 0.25) is 0 Å². The van der Waals surface area contributed by atoms with Gasteiger partial charge in [-0.15, -0.1) is 0 Å². The summed E-state index contributed by atoms with van der Waals surface area (Å²) in [6.07, 6.45) is 2.54. The van der Waals surface area contributed by atoms with Crippen LogP contribution in [-0.4, -0.2) is 14.8 Å². The van der Waals surface area contributed by atoms with Gasteiger partial charge in [-0.25, -0.2) is 0 Å². The van der Waals surface area contributed by atoms with Crippen molar-refractivity contribution in [1.29, 1.82) is 0 Å². The molecule has 3 N–H and O–H groups in total. The predicted molar refractivity (Wildman–Crippen MR) is 66.0 cm³/mol. The smallest absolute Gasteiger partial charge is 0.0687 e. The maximum atomic E-state index is 5.59. The number of aromatic nitrogens is 3. The molecule has 5 heteroatoms. The number of hydrogen-bond donors (Lipinski definition) is 2. The second-order valence-corrected chi connectivity index (χ2v) is 4.08. The molecule has 1 unspecified atom stereocenters. The van der Waals surface area contributed by atoms with Crippen LogP contribution in [0.5, 0.6) is 0 Å². The molecule has 2 rings (SSSR count). The van der Waals surface area contributed by atoms with Gasteiger partial charge >= 0.3 is 0 Å². The van der Waals surface area contributed by atoms with Gasteiger partial charge in [0.2, 0.25) is 0 Å². The van der Waals surface area contributed by atoms with Crippen LogP contribution in [0.4, 0.5) is 0 Å². The number of hydrazine groups is 1. The third kappa shape index (κ3) is 2.69. The Labute approximate surface area is 101 Å². The van der Waals surface area contributed by atoms with Gasteiger partial charge in [-0.3, -0.25) is 20.9 Å². The van der Waals surface area contributed by atoms with E-state index in [1.807, 2.05) is 36.9 Å². The van der Waals surface area contributed by atoms with E-state index >= 15 is 0 Å². The maximum Gasteiger partial charge on any atom is 0.0687 e. The second kappa shape index (κ2) is 5.07. The molecular formula is C12H17N5. The molecule has 0 amide bonds. The number of hydrogen-bond acceptors (Lipinski definition) is 4. The van der Waals surface area contributed by atoms with Crippen molar-refractivity contribution in [3.8, 4) is 0 Å². The molecule has 2 aromatic heterocycles. The molecule has 0 saturated carbocycles. The highest BCUT2D eigenvalue weighted by atomic mass is 15.3. The Morgan fingerprint density at radius 2 is 2.29 bits per heavy atom. The zero-order valence-corrected chi connectivity index (χ0v) is 10.1. The van der Waals surface area contributed by atoms with Gasteiger partial charge < -0.3 is 0 Å². The summed E-state index contributed by atoms with van der Waals surface area (Å²) in [7, 11) is 1.94. The number of pyridine rings is 1. The fraction of sp³-hybridized carbons (Fsp3) is 0.333. The minimum atomic E-state index is 0.00556. The molecule has 17 heavy (non-hydrogen) atoms. The molecule has 0 bridgehead atoms. The molecule has 0 aliphatic heterocycles. The Morgan fingerprint density at radius 3 is 2.82 bits per heavy atom. The molecule has 90 valence electrons. The van der Waals surface area contributed by atoms with Crippen LogP contribution >= 0.6 is 0 Å². The van der Waals surface area contributed by atoms with Gasteiger partial charge in [-0.2, -0.15) is 5.10 Å². The average molecular weight is 231 g/mol. The second-order valence-electron chi connectivity index (χ2n) is 4.08. The molecule has 0 aliphatic carbocycles. The zero-order valence-electron chi connectivity index (χ0n) is 10.1. The summed E-state index contributed by atoms with van der Waals surface area (Å²) in [5, 5.41) is 4.32. The Kier molecular flexibility index (Phi) is 3.51. The monoisotopic (exact) mass is 231 g/mol. The fourth-order valence-corrected chi connectivity index (χ4v) is 1.90. The molecule has 2 aromatic rings. The Morgan fingerprint density at radius 1 is 1.47 bits per heavy atom. The summed E-state index contributed by atoms with van der Waals surface area (Å²) in [6.45, 7) is 1.98. The van der Waals surface area contributed by atoms with Crippen LogP contribution in [0.3, 0.4) is 0 Å². The Bertz CT molecular complexity index is 477. The Hall–Kier alpha value is -1.72. The van der Waals surface area contributed by atoms with E-state index in [2.05, 4.69) is 21.6 Å². The van der Waals surface area contributed by atoms with Gasteiger partial charge in [0.15, 0.2) is 0 Å². The summed E-state index contributed by atoms with van der Waals surface area (Å²) >= 11 is 0. The molecule has 0 saturated heterocycles. The average Bonchev–Trinajstić information content (AvgIpc) is 2.66. The van der Waals surface area contributed by atoms with E-state index in [-0.39, 0.29) is 6.04 Å². The fourth-order valence-electron chi connectivity index (χ4n) is 1.90. The number of aryl methyl sites for hydroxylation is 2. The molecule has 5 nitrogen and oxygen atoms in total. The van der Waals surface area contributed by atoms with E-state index in [1.165, 1.54) is 0 Å². The maximum absolute atomic E-state index is 5.59. The van der Waals surface area contributed by atoms with Crippen LogP contribution in [-0.2, 0) is 13.5 Å². The summed E-state index contributed by atoms with van der Waals surface area (Å²) in [4.78, 5) is 4.31. The van der Waals surface area contributed by atoms with Gasteiger partial charge in [0.05, 0.1) is 17.4 Å². The number of nitrogens with zero attached hydrogens (tertiary/aromatic N) is 3. The SMILES string of the molecule is Cc1cc(CC(NN)c2ccccn2)n(C)n1. The van der Waals surface area contributed by atoms with E-state index in [1.54, 1.807) is 6.20 Å². The van der Waals surface area contributed by atoms with Crippen molar-refractivity contribution in [2.75, 3.05) is 0 Å². The van der Waals surface area contributed by atoms with Crippen molar-refractivity contribution in [1.82, 2.24) is 20.2 Å². The van der Waals surface area contributed by atoms with Gasteiger partial charge in [0.25, 0.3) is 0 Å². The number of nitrogens with one attached hydrogen (secondary N) is 1. The van der Waals surface area contributed by atoms with E-state index in [0.717, 1.165) is 23.5 Å². The molecule has 0 radical (unpaired) electrons. The van der Waals surface area contributed by atoms with Gasteiger partial charge in [-0.1, -0.05) is 6.07 Å². The largest absolute Gasteiger partial charge is 0.272 e. The summed E-state index contributed by atoms with van der Waals surface area (Å²) in [5.74, 6) is 5.59. The first-order chi connectivity index (χ1) is 8.20. The minimum absolute atomic E-state index is 0.00556. The Balaban J connectivity index is 2.18. The van der Waals surface area contributed by atoms with Crippen LogP contribution in [0.1, 0.15) is 23.1 Å². The highest BCUT2D eigenvalue weighted by Crippen LogP contribution is 2.15. The van der Waals surface area contributed by atoms with Crippen molar-refractivity contribution in [2.45, 2.75) is 19.4 Å². The van der Waals surface area contributed by atoms with Gasteiger partial charge in [0.1, 0.15) is 0 Å². The minimum Gasteiger partial charge on any atom is -0.272 e. The normalized spacial score (nSPS) is 12.6. The lowest BCUT2D eigenvalue weighted by molar-refractivity contribution is 0.518. The van der Waals surface area contributed by atoms with Crippen molar-refractivity contribution in [3.63, 3.8) is 0 Å². The molecule has 0 aliphatic rings. The lowest BCUT2D eigenvalue weighted by Crippen LogP contribution is -2.30. The first-order valence-corrected chi connectivity index (χ1v) is 5.57. The molecule has 0 fully saturated rings. The van der Waals surface area contributed by atoms with Crippen LogP contribution < -0.4 is 11.3 Å². The highest BCUT2D eigenvalue weighted by molar-refractivity contribution is 5.15. The molecule has 0 spiro atoms. The first kappa shape index (κ1) is 11.8. The highest BCUT2D eigenvalue weighted by Gasteiger charge is 2.14. The molecule has 0 aromatic carbocycles. The molecular weight excluding hydrogens is 214 g/mol. The summed E-state index contributed by atoms with van der Waals surface area (Å²) in [6, 6.07) is 7.89. The van der Waals surface area contributed by atoms with Crippen molar-refractivity contribution >= 4 is 0 Å². The summed E-state index contributed by atoms with van der Waals surface area (Å²) < 4.78 is 1.88. The van der Waals surface area contributed by atoms with Crippen LogP contribution in [0.25, 0.3) is 0 Å². The van der Waals surface area contributed by atoms with Crippen molar-refractivity contribution in [2.24, 2.45) is 12.9 Å². The van der Waals surface area contributed by atoms with Crippen molar-refractivity contribution in [3.05, 3.63) is 47.5 Å². The zero-order chi connectivity index (χ0) is 12.3.